The van der Waals surface area contributed by atoms with Gasteiger partial charge in [-0.2, -0.15) is 0 Å². The summed E-state index contributed by atoms with van der Waals surface area (Å²) in [5.74, 6) is 8.10. The van der Waals surface area contributed by atoms with Crippen LogP contribution in [0.2, 0.25) is 0 Å². The van der Waals surface area contributed by atoms with Crippen LogP contribution in [0.3, 0.4) is 0 Å². The molecule has 0 aliphatic heterocycles. The normalized spacial score (nSPS) is 18.4. The van der Waals surface area contributed by atoms with E-state index in [4.69, 9.17) is 15.3 Å². The topological polar surface area (TPSA) is 56.5 Å². The second-order valence-corrected chi connectivity index (χ2v) is 5.47. The highest BCUT2D eigenvalue weighted by atomic mass is 16.5. The van der Waals surface area contributed by atoms with Gasteiger partial charge in [0.05, 0.1) is 25.8 Å². The second-order valence-electron chi connectivity index (χ2n) is 5.47. The lowest BCUT2D eigenvalue weighted by Gasteiger charge is -2.28. The summed E-state index contributed by atoms with van der Waals surface area (Å²) >= 11 is 0. The van der Waals surface area contributed by atoms with Gasteiger partial charge < -0.3 is 9.47 Å². The quantitative estimate of drug-likeness (QED) is 0.493. The van der Waals surface area contributed by atoms with Crippen molar-refractivity contribution in [1.82, 2.24) is 5.43 Å². The van der Waals surface area contributed by atoms with E-state index in [9.17, 15) is 0 Å². The summed E-state index contributed by atoms with van der Waals surface area (Å²) in [7, 11) is 3.39. The molecule has 0 heterocycles. The van der Waals surface area contributed by atoms with Crippen molar-refractivity contribution in [2.24, 2.45) is 11.8 Å². The van der Waals surface area contributed by atoms with Gasteiger partial charge in [0.1, 0.15) is 11.5 Å². The number of nitrogens with two attached hydrogens (primary N) is 1. The summed E-state index contributed by atoms with van der Waals surface area (Å²) in [6.07, 6.45) is 7.63. The summed E-state index contributed by atoms with van der Waals surface area (Å²) in [6, 6.07) is 5.97. The van der Waals surface area contributed by atoms with E-state index >= 15 is 0 Å². The molecule has 1 atom stereocenters. The average Bonchev–Trinajstić information content (AvgIpc) is 2.77. The maximum atomic E-state index is 5.87. The molecular weight excluding hydrogens is 252 g/mol. The number of rotatable bonds is 5. The average molecular weight is 278 g/mol. The van der Waals surface area contributed by atoms with Gasteiger partial charge in [0.2, 0.25) is 0 Å². The van der Waals surface area contributed by atoms with Gasteiger partial charge in [0, 0.05) is 0 Å². The standard InChI is InChI=1S/C16H26N2O2/c1-19-13-10-7-11-14(20-2)15(13)16(18-17)12-8-5-3-4-6-9-12/h7,10-12,16,18H,3-6,8-9,17H2,1-2H3. The third-order valence-corrected chi connectivity index (χ3v) is 4.33. The van der Waals surface area contributed by atoms with Crippen LogP contribution in [0.4, 0.5) is 0 Å². The van der Waals surface area contributed by atoms with Crippen LogP contribution in [0.25, 0.3) is 0 Å². The van der Waals surface area contributed by atoms with Gasteiger partial charge >= 0.3 is 0 Å². The number of benzene rings is 1. The lowest BCUT2D eigenvalue weighted by Crippen LogP contribution is -2.34. The first-order chi connectivity index (χ1) is 9.81. The molecule has 20 heavy (non-hydrogen) atoms. The Morgan fingerprint density at radius 2 is 1.60 bits per heavy atom. The summed E-state index contributed by atoms with van der Waals surface area (Å²) in [5, 5.41) is 0. The molecule has 0 saturated heterocycles. The van der Waals surface area contributed by atoms with Gasteiger partial charge in [-0.25, -0.2) is 0 Å². The highest BCUT2D eigenvalue weighted by Gasteiger charge is 2.28. The number of hydrazine groups is 1. The van der Waals surface area contributed by atoms with Gasteiger partial charge in [0.25, 0.3) is 0 Å². The van der Waals surface area contributed by atoms with Crippen LogP contribution in [-0.4, -0.2) is 14.2 Å². The van der Waals surface area contributed by atoms with Gasteiger partial charge in [-0.15, -0.1) is 0 Å². The number of methoxy groups -OCH3 is 2. The van der Waals surface area contributed by atoms with E-state index in [0.717, 1.165) is 17.1 Å². The van der Waals surface area contributed by atoms with Crippen molar-refractivity contribution in [3.63, 3.8) is 0 Å². The minimum atomic E-state index is 0.0826. The lowest BCUT2D eigenvalue weighted by molar-refractivity contribution is 0.302. The summed E-state index contributed by atoms with van der Waals surface area (Å²) in [6.45, 7) is 0. The van der Waals surface area contributed by atoms with E-state index < -0.39 is 0 Å². The fourth-order valence-corrected chi connectivity index (χ4v) is 3.29. The Kier molecular flexibility index (Phi) is 5.68. The molecule has 1 saturated carbocycles. The van der Waals surface area contributed by atoms with Crippen molar-refractivity contribution < 1.29 is 9.47 Å². The van der Waals surface area contributed by atoms with E-state index in [1.165, 1.54) is 38.5 Å². The predicted molar refractivity (Wildman–Crippen MR) is 80.8 cm³/mol. The highest BCUT2D eigenvalue weighted by molar-refractivity contribution is 5.47. The van der Waals surface area contributed by atoms with E-state index in [0.29, 0.717) is 5.92 Å². The molecule has 1 aliphatic rings. The highest BCUT2D eigenvalue weighted by Crippen LogP contribution is 2.41. The van der Waals surface area contributed by atoms with Crippen LogP contribution in [0.15, 0.2) is 18.2 Å². The predicted octanol–water partition coefficient (Wildman–Crippen LogP) is 3.18. The van der Waals surface area contributed by atoms with Crippen molar-refractivity contribution in [3.05, 3.63) is 23.8 Å². The van der Waals surface area contributed by atoms with Gasteiger partial charge in [-0.3, -0.25) is 11.3 Å². The minimum Gasteiger partial charge on any atom is -0.496 e. The third-order valence-electron chi connectivity index (χ3n) is 4.33. The monoisotopic (exact) mass is 278 g/mol. The number of ether oxygens (including phenoxy) is 2. The van der Waals surface area contributed by atoms with Crippen molar-refractivity contribution in [2.75, 3.05) is 14.2 Å². The molecule has 0 radical (unpaired) electrons. The maximum Gasteiger partial charge on any atom is 0.127 e. The molecule has 3 N–H and O–H groups in total. The van der Waals surface area contributed by atoms with Crippen LogP contribution in [0, 0.1) is 5.92 Å². The fraction of sp³-hybridized carbons (Fsp3) is 0.625. The van der Waals surface area contributed by atoms with Crippen LogP contribution in [-0.2, 0) is 0 Å². The Morgan fingerprint density at radius 3 is 2.05 bits per heavy atom. The van der Waals surface area contributed by atoms with E-state index in [2.05, 4.69) is 5.43 Å². The molecule has 1 aliphatic carbocycles. The Bertz CT molecular complexity index is 393. The Balaban J connectivity index is 2.34. The zero-order valence-corrected chi connectivity index (χ0v) is 12.5. The molecule has 2 rings (SSSR count). The Labute approximate surface area is 121 Å². The van der Waals surface area contributed by atoms with E-state index in [-0.39, 0.29) is 6.04 Å². The van der Waals surface area contributed by atoms with Gasteiger partial charge in [-0.05, 0) is 30.9 Å². The molecule has 4 nitrogen and oxygen atoms in total. The first-order valence-corrected chi connectivity index (χ1v) is 7.48. The second kappa shape index (κ2) is 7.50. The molecule has 4 heteroatoms. The maximum absolute atomic E-state index is 5.87. The molecule has 0 aromatic heterocycles. The van der Waals surface area contributed by atoms with Crippen molar-refractivity contribution in [3.8, 4) is 11.5 Å². The smallest absolute Gasteiger partial charge is 0.127 e. The lowest BCUT2D eigenvalue weighted by atomic mass is 9.86. The summed E-state index contributed by atoms with van der Waals surface area (Å²) in [5.41, 5.74) is 4.05. The molecule has 0 amide bonds. The largest absolute Gasteiger partial charge is 0.496 e. The molecular formula is C16H26N2O2. The SMILES string of the molecule is COc1cccc(OC)c1C(NN)C1CCCCCC1. The molecule has 1 aromatic rings. The van der Waals surface area contributed by atoms with E-state index in [1.54, 1.807) is 14.2 Å². The van der Waals surface area contributed by atoms with Crippen LogP contribution in [0.1, 0.15) is 50.1 Å². The number of nitrogens with one attached hydrogen (secondary N) is 1. The first-order valence-electron chi connectivity index (χ1n) is 7.48. The fourth-order valence-electron chi connectivity index (χ4n) is 3.29. The molecule has 1 unspecified atom stereocenters. The number of hydrogen-bond acceptors (Lipinski definition) is 4. The van der Waals surface area contributed by atoms with Crippen LogP contribution >= 0.6 is 0 Å². The Hall–Kier alpha value is -1.26. The summed E-state index contributed by atoms with van der Waals surface area (Å²) in [4.78, 5) is 0. The molecule has 1 fully saturated rings. The van der Waals surface area contributed by atoms with Gasteiger partial charge in [0.15, 0.2) is 0 Å². The summed E-state index contributed by atoms with van der Waals surface area (Å²) < 4.78 is 11.0. The Morgan fingerprint density at radius 1 is 1.05 bits per heavy atom. The molecule has 1 aromatic carbocycles. The van der Waals surface area contributed by atoms with E-state index in [1.807, 2.05) is 18.2 Å². The van der Waals surface area contributed by atoms with Crippen molar-refractivity contribution in [2.45, 2.75) is 44.6 Å². The minimum absolute atomic E-state index is 0.0826. The van der Waals surface area contributed by atoms with Crippen molar-refractivity contribution in [1.29, 1.82) is 0 Å². The zero-order chi connectivity index (χ0) is 14.4. The zero-order valence-electron chi connectivity index (χ0n) is 12.5. The van der Waals surface area contributed by atoms with Crippen molar-refractivity contribution >= 4 is 0 Å². The van der Waals surface area contributed by atoms with Gasteiger partial charge in [-0.1, -0.05) is 31.7 Å². The molecule has 0 bridgehead atoms. The third kappa shape index (κ3) is 3.25. The first kappa shape index (κ1) is 15.1. The molecule has 0 spiro atoms. The number of hydrogen-bond donors (Lipinski definition) is 2. The van der Waals surface area contributed by atoms with Crippen LogP contribution in [0.5, 0.6) is 11.5 Å². The molecule has 112 valence electrons. The van der Waals surface area contributed by atoms with Crippen LogP contribution < -0.4 is 20.7 Å².